The van der Waals surface area contributed by atoms with Crippen LogP contribution in [0.4, 0.5) is 17.3 Å². The molecule has 8 nitrogen and oxygen atoms in total. The minimum atomic E-state index is -0.376. The van der Waals surface area contributed by atoms with E-state index in [1.165, 1.54) is 6.33 Å². The van der Waals surface area contributed by atoms with Gasteiger partial charge in [-0.1, -0.05) is 19.4 Å². The van der Waals surface area contributed by atoms with Crippen molar-refractivity contribution in [2.24, 2.45) is 0 Å². The third kappa shape index (κ3) is 4.05. The number of hydrogen-bond acceptors (Lipinski definition) is 7. The Morgan fingerprint density at radius 2 is 2.05 bits per heavy atom. The van der Waals surface area contributed by atoms with Crippen molar-refractivity contribution in [2.45, 2.75) is 19.8 Å². The molecular weight excluding hydrogens is 282 g/mol. The smallest absolute Gasteiger partial charge is 0.288 e. The molecule has 0 spiro atoms. The first-order valence-electron chi connectivity index (χ1n) is 7.04. The van der Waals surface area contributed by atoms with E-state index < -0.39 is 0 Å². The molecule has 1 amide bonds. The molecule has 116 valence electrons. The van der Waals surface area contributed by atoms with E-state index in [-0.39, 0.29) is 5.91 Å². The molecule has 0 atom stereocenters. The molecule has 8 heteroatoms. The summed E-state index contributed by atoms with van der Waals surface area (Å²) in [5.74, 6) is 0.496. The van der Waals surface area contributed by atoms with Crippen LogP contribution < -0.4 is 21.9 Å². The number of hydrogen-bond donors (Lipinski definition) is 4. The molecule has 2 rings (SSSR count). The summed E-state index contributed by atoms with van der Waals surface area (Å²) in [5.41, 5.74) is 11.8. The van der Waals surface area contributed by atoms with E-state index in [0.717, 1.165) is 19.4 Å². The summed E-state index contributed by atoms with van der Waals surface area (Å²) in [6.45, 7) is 2.88. The number of pyridine rings is 1. The Morgan fingerprint density at radius 3 is 2.77 bits per heavy atom. The van der Waals surface area contributed by atoms with Gasteiger partial charge in [0.1, 0.15) is 17.7 Å². The highest BCUT2D eigenvalue weighted by atomic mass is 16.2. The lowest BCUT2D eigenvalue weighted by Gasteiger charge is -2.12. The van der Waals surface area contributed by atoms with Crippen LogP contribution in [0, 0.1) is 0 Å². The zero-order valence-electron chi connectivity index (χ0n) is 12.3. The number of carbonyl (C=O) groups is 1. The van der Waals surface area contributed by atoms with Gasteiger partial charge in [-0.3, -0.25) is 20.6 Å². The van der Waals surface area contributed by atoms with E-state index in [1.54, 1.807) is 24.4 Å². The number of unbranched alkanes of at least 4 members (excludes halogenated alkanes) is 1. The predicted molar refractivity (Wildman–Crippen MR) is 85.2 cm³/mol. The second-order valence-electron chi connectivity index (χ2n) is 4.56. The normalized spacial score (nSPS) is 10.0. The molecule has 2 heterocycles. The maximum absolute atomic E-state index is 11.9. The number of hydrazine groups is 1. The van der Waals surface area contributed by atoms with Crippen molar-refractivity contribution in [1.82, 2.24) is 20.4 Å². The summed E-state index contributed by atoms with van der Waals surface area (Å²) in [6.07, 6.45) is 5.01. The quantitative estimate of drug-likeness (QED) is 0.451. The van der Waals surface area contributed by atoms with Gasteiger partial charge in [-0.05, 0) is 18.6 Å². The Bertz CT molecular complexity index is 618. The first kappa shape index (κ1) is 15.5. The molecule has 0 saturated heterocycles. The van der Waals surface area contributed by atoms with Crippen LogP contribution in [0.1, 0.15) is 30.3 Å². The van der Waals surface area contributed by atoms with Gasteiger partial charge in [-0.2, -0.15) is 0 Å². The fourth-order valence-corrected chi connectivity index (χ4v) is 1.70. The number of carbonyl (C=O) groups excluding carboxylic acids is 1. The lowest BCUT2D eigenvalue weighted by atomic mass is 10.3. The molecule has 5 N–H and O–H groups in total. The molecule has 0 bridgehead atoms. The largest absolute Gasteiger partial charge is 0.393 e. The maximum atomic E-state index is 11.9. The maximum Gasteiger partial charge on any atom is 0.288 e. The Kier molecular flexibility index (Phi) is 5.47. The molecule has 2 aromatic rings. The van der Waals surface area contributed by atoms with Gasteiger partial charge in [0.2, 0.25) is 0 Å². The average molecular weight is 301 g/mol. The summed E-state index contributed by atoms with van der Waals surface area (Å²) in [5, 5.41) is 3.13. The number of anilines is 3. The van der Waals surface area contributed by atoms with Crippen LogP contribution in [0.3, 0.4) is 0 Å². The first-order valence-corrected chi connectivity index (χ1v) is 7.04. The van der Waals surface area contributed by atoms with E-state index in [1.807, 2.05) is 0 Å². The number of amides is 1. The highest BCUT2D eigenvalue weighted by molar-refractivity contribution is 5.93. The lowest BCUT2D eigenvalue weighted by molar-refractivity contribution is 0.0957. The Labute approximate surface area is 128 Å². The van der Waals surface area contributed by atoms with Crippen LogP contribution >= 0.6 is 0 Å². The third-order valence-corrected chi connectivity index (χ3v) is 2.90. The van der Waals surface area contributed by atoms with E-state index in [2.05, 4.69) is 38.0 Å². The Morgan fingerprint density at radius 1 is 1.23 bits per heavy atom. The summed E-state index contributed by atoms with van der Waals surface area (Å²) < 4.78 is 0. The molecule has 0 saturated carbocycles. The van der Waals surface area contributed by atoms with Crippen molar-refractivity contribution in [2.75, 3.05) is 23.0 Å². The predicted octanol–water partition coefficient (Wildman–Crippen LogP) is 1.42. The van der Waals surface area contributed by atoms with E-state index in [4.69, 9.17) is 5.73 Å². The number of rotatable bonds is 7. The summed E-state index contributed by atoms with van der Waals surface area (Å²) in [4.78, 5) is 23.9. The van der Waals surface area contributed by atoms with Crippen molar-refractivity contribution in [1.29, 1.82) is 0 Å². The Hall–Kier alpha value is -2.90. The van der Waals surface area contributed by atoms with Gasteiger partial charge in [0.15, 0.2) is 11.6 Å². The number of aromatic nitrogens is 3. The van der Waals surface area contributed by atoms with Crippen molar-refractivity contribution in [3.05, 3.63) is 36.4 Å². The van der Waals surface area contributed by atoms with Crippen molar-refractivity contribution in [3.63, 3.8) is 0 Å². The number of nitrogens with two attached hydrogens (primary N) is 1. The minimum Gasteiger partial charge on any atom is -0.393 e. The van der Waals surface area contributed by atoms with Gasteiger partial charge in [0.25, 0.3) is 5.91 Å². The van der Waals surface area contributed by atoms with Crippen LogP contribution in [-0.2, 0) is 0 Å². The fourth-order valence-electron chi connectivity index (χ4n) is 1.70. The van der Waals surface area contributed by atoms with Gasteiger partial charge >= 0.3 is 0 Å². The molecule has 22 heavy (non-hydrogen) atoms. The van der Waals surface area contributed by atoms with Gasteiger partial charge in [-0.25, -0.2) is 9.97 Å². The van der Waals surface area contributed by atoms with Crippen LogP contribution in [0.15, 0.2) is 30.7 Å². The number of nitrogens with zero attached hydrogens (tertiary/aromatic N) is 3. The van der Waals surface area contributed by atoms with Crippen molar-refractivity contribution in [3.8, 4) is 0 Å². The highest BCUT2D eigenvalue weighted by Gasteiger charge is 2.10. The molecule has 0 aromatic carbocycles. The van der Waals surface area contributed by atoms with Gasteiger partial charge in [-0.15, -0.1) is 0 Å². The molecule has 0 aliphatic heterocycles. The molecule has 0 fully saturated rings. The lowest BCUT2D eigenvalue weighted by Crippen LogP contribution is -2.31. The summed E-state index contributed by atoms with van der Waals surface area (Å²) in [6, 6.07) is 5.08. The topological polar surface area (TPSA) is 118 Å². The standard InChI is InChI=1S/C14H19N7O/c1-2-3-7-17-12-11(15)13(19-9-18-12)20-21-14(22)10-6-4-5-8-16-10/h4-6,8-9H,2-3,7,15H2,1H3,(H,21,22)(H2,17,18,19,20). The highest BCUT2D eigenvalue weighted by Crippen LogP contribution is 2.21. The number of nitrogens with one attached hydrogen (secondary N) is 3. The number of nitrogen functional groups attached to an aromatic ring is 1. The average Bonchev–Trinajstić information content (AvgIpc) is 2.56. The van der Waals surface area contributed by atoms with Crippen LogP contribution in [0.25, 0.3) is 0 Å². The second kappa shape index (κ2) is 7.77. The molecule has 0 radical (unpaired) electrons. The summed E-state index contributed by atoms with van der Waals surface area (Å²) in [7, 11) is 0. The molecule has 0 unspecified atom stereocenters. The van der Waals surface area contributed by atoms with Crippen molar-refractivity contribution >= 4 is 23.2 Å². The van der Waals surface area contributed by atoms with Crippen LogP contribution in [0.2, 0.25) is 0 Å². The van der Waals surface area contributed by atoms with Crippen LogP contribution in [-0.4, -0.2) is 27.4 Å². The van der Waals surface area contributed by atoms with E-state index in [0.29, 0.717) is 23.0 Å². The second-order valence-corrected chi connectivity index (χ2v) is 4.56. The van der Waals surface area contributed by atoms with Gasteiger partial charge < -0.3 is 11.1 Å². The van der Waals surface area contributed by atoms with Crippen molar-refractivity contribution < 1.29 is 4.79 Å². The minimum absolute atomic E-state index is 0.295. The fraction of sp³-hybridized carbons (Fsp3) is 0.286. The van der Waals surface area contributed by atoms with Crippen LogP contribution in [0.5, 0.6) is 0 Å². The zero-order chi connectivity index (χ0) is 15.8. The first-order chi connectivity index (χ1) is 10.7. The molecular formula is C14H19N7O. The third-order valence-electron chi connectivity index (χ3n) is 2.90. The monoisotopic (exact) mass is 301 g/mol. The van der Waals surface area contributed by atoms with E-state index >= 15 is 0 Å². The Balaban J connectivity index is 1.98. The summed E-state index contributed by atoms with van der Waals surface area (Å²) >= 11 is 0. The van der Waals surface area contributed by atoms with E-state index in [9.17, 15) is 4.79 Å². The molecule has 2 aromatic heterocycles. The SMILES string of the molecule is CCCCNc1ncnc(NNC(=O)c2ccccn2)c1N. The molecule has 0 aliphatic carbocycles. The molecule has 0 aliphatic rings. The zero-order valence-corrected chi connectivity index (χ0v) is 12.3. The van der Waals surface area contributed by atoms with Gasteiger partial charge in [0, 0.05) is 12.7 Å². The van der Waals surface area contributed by atoms with Gasteiger partial charge in [0.05, 0.1) is 0 Å².